The molecular formula is C15H39NO9Si3. The molecule has 0 aromatic carbocycles. The van der Waals surface area contributed by atoms with Crippen molar-refractivity contribution in [3.63, 3.8) is 0 Å². The van der Waals surface area contributed by atoms with Crippen LogP contribution in [0.2, 0.25) is 0 Å². The Hall–Kier alpha value is 0.251. The molecule has 0 fully saturated rings. The summed E-state index contributed by atoms with van der Waals surface area (Å²) in [6.45, 7) is 5.90. The van der Waals surface area contributed by atoms with Crippen molar-refractivity contribution in [2.45, 2.75) is 37.8 Å². The molecule has 0 bridgehead atoms. The Morgan fingerprint density at radius 2 is 0.536 bits per heavy atom. The summed E-state index contributed by atoms with van der Waals surface area (Å²) in [5.41, 5.74) is -0.966. The van der Waals surface area contributed by atoms with E-state index in [2.05, 4.69) is 4.90 Å². The molecule has 0 aromatic heterocycles. The van der Waals surface area contributed by atoms with Gasteiger partial charge in [0, 0.05) is 64.0 Å². The first-order chi connectivity index (χ1) is 13.1. The molecule has 0 amide bonds. The van der Waals surface area contributed by atoms with Gasteiger partial charge in [0.2, 0.25) is 0 Å². The maximum Gasteiger partial charge on any atom is 0.517 e. The van der Waals surface area contributed by atoms with E-state index >= 15 is 0 Å². The van der Waals surface area contributed by atoms with Crippen LogP contribution in [0.4, 0.5) is 0 Å². The maximum absolute atomic E-state index is 5.75. The van der Waals surface area contributed by atoms with Crippen LogP contribution in [0.5, 0.6) is 0 Å². The zero-order valence-electron chi connectivity index (χ0n) is 19.4. The molecule has 28 heavy (non-hydrogen) atoms. The van der Waals surface area contributed by atoms with Gasteiger partial charge in [-0.05, 0) is 20.8 Å². The van der Waals surface area contributed by atoms with Gasteiger partial charge in [0.1, 0.15) is 0 Å². The summed E-state index contributed by atoms with van der Waals surface area (Å²) in [4.78, 5) is 2.09. The van der Waals surface area contributed by atoms with E-state index in [1.165, 1.54) is 0 Å². The van der Waals surface area contributed by atoms with Crippen LogP contribution in [-0.2, 0) is 39.8 Å². The van der Waals surface area contributed by atoms with Crippen molar-refractivity contribution >= 4 is 26.4 Å². The van der Waals surface area contributed by atoms with Gasteiger partial charge in [0.25, 0.3) is 0 Å². The highest BCUT2D eigenvalue weighted by Gasteiger charge is 2.61. The van der Waals surface area contributed by atoms with E-state index in [0.717, 1.165) is 0 Å². The largest absolute Gasteiger partial charge is 0.517 e. The summed E-state index contributed by atoms with van der Waals surface area (Å²) >= 11 is 0. The maximum atomic E-state index is 5.75. The summed E-state index contributed by atoms with van der Waals surface area (Å²) in [5.74, 6) is 0. The van der Waals surface area contributed by atoms with E-state index in [9.17, 15) is 0 Å². The Balaban J connectivity index is 6.54. The lowest BCUT2D eigenvalue weighted by Crippen LogP contribution is -2.74. The lowest BCUT2D eigenvalue weighted by molar-refractivity contribution is 0.0158. The molecular weight excluding hydrogens is 422 g/mol. The summed E-state index contributed by atoms with van der Waals surface area (Å²) in [6, 6.07) is 0. The lowest BCUT2D eigenvalue weighted by atomic mass is 10.5. The molecule has 0 spiro atoms. The van der Waals surface area contributed by atoms with Crippen molar-refractivity contribution in [3.05, 3.63) is 0 Å². The SMILES string of the molecule is CO[Si](OC)(OC)C(C)N(C(C)[Si](OC)(OC)OC)C(C)[Si](OC)(OC)OC. The molecule has 10 nitrogen and oxygen atoms in total. The van der Waals surface area contributed by atoms with Crippen molar-refractivity contribution in [3.8, 4) is 0 Å². The third kappa shape index (κ3) is 5.11. The Morgan fingerprint density at radius 1 is 0.393 bits per heavy atom. The Morgan fingerprint density at radius 3 is 0.643 bits per heavy atom. The van der Waals surface area contributed by atoms with Crippen molar-refractivity contribution in [2.75, 3.05) is 64.0 Å². The van der Waals surface area contributed by atoms with Gasteiger partial charge in [-0.2, -0.15) is 0 Å². The third-order valence-corrected chi connectivity index (χ3v) is 14.5. The second-order valence-electron chi connectivity index (χ2n) is 6.12. The molecule has 0 aliphatic carbocycles. The minimum Gasteiger partial charge on any atom is -0.376 e. The fraction of sp³-hybridized carbons (Fsp3) is 1.00. The molecule has 0 aliphatic heterocycles. The molecule has 0 heterocycles. The average molecular weight is 462 g/mol. The van der Waals surface area contributed by atoms with E-state index < -0.39 is 26.4 Å². The number of nitrogens with zero attached hydrogens (tertiary/aromatic N) is 1. The average Bonchev–Trinajstić information content (AvgIpc) is 2.73. The van der Waals surface area contributed by atoms with E-state index in [1.54, 1.807) is 64.0 Å². The Kier molecular flexibility index (Phi) is 12.3. The predicted octanol–water partition coefficient (Wildman–Crippen LogP) is 0.706. The van der Waals surface area contributed by atoms with Gasteiger partial charge in [0.05, 0.1) is 17.0 Å². The second kappa shape index (κ2) is 12.2. The van der Waals surface area contributed by atoms with Crippen molar-refractivity contribution in [2.24, 2.45) is 0 Å². The van der Waals surface area contributed by atoms with Gasteiger partial charge >= 0.3 is 26.4 Å². The van der Waals surface area contributed by atoms with E-state index in [0.29, 0.717) is 0 Å². The van der Waals surface area contributed by atoms with Crippen LogP contribution in [0.1, 0.15) is 20.8 Å². The van der Waals surface area contributed by atoms with E-state index in [1.807, 2.05) is 20.8 Å². The van der Waals surface area contributed by atoms with Gasteiger partial charge in [-0.3, -0.25) is 4.90 Å². The molecule has 0 radical (unpaired) electrons. The lowest BCUT2D eigenvalue weighted by Gasteiger charge is -2.49. The molecule has 0 aromatic rings. The summed E-state index contributed by atoms with van der Waals surface area (Å²) in [6.07, 6.45) is 0. The smallest absolute Gasteiger partial charge is 0.376 e. The second-order valence-corrected chi connectivity index (χ2v) is 15.9. The standard InChI is InChI=1S/C15H39NO9Si3/c1-13(26(17-4,18-5)19-6)16(14(2)27(20-7,21-8)22-9)15(3)28(23-10,24-11)25-12/h13-15H,1-12H3. The minimum atomic E-state index is -3.11. The number of hydrogen-bond donors (Lipinski definition) is 0. The van der Waals surface area contributed by atoms with Gasteiger partial charge in [-0.15, -0.1) is 0 Å². The highest BCUT2D eigenvalue weighted by atomic mass is 28.4. The zero-order chi connectivity index (χ0) is 22.2. The molecule has 0 saturated heterocycles. The molecule has 3 atom stereocenters. The van der Waals surface area contributed by atoms with Crippen LogP contribution in [0.15, 0.2) is 0 Å². The number of hydrogen-bond acceptors (Lipinski definition) is 10. The normalized spacial score (nSPS) is 17.0. The first-order valence-corrected chi connectivity index (χ1v) is 14.3. The number of rotatable bonds is 15. The van der Waals surface area contributed by atoms with Crippen LogP contribution >= 0.6 is 0 Å². The quantitative estimate of drug-likeness (QED) is 0.325. The topological polar surface area (TPSA) is 86.3 Å². The fourth-order valence-corrected chi connectivity index (χ4v) is 11.3. The molecule has 0 saturated carbocycles. The fourth-order valence-electron chi connectivity index (χ4n) is 3.84. The van der Waals surface area contributed by atoms with Crippen LogP contribution in [-0.4, -0.2) is 112 Å². The first kappa shape index (κ1) is 28.3. The molecule has 170 valence electrons. The van der Waals surface area contributed by atoms with Crippen LogP contribution in [0.3, 0.4) is 0 Å². The van der Waals surface area contributed by atoms with Gasteiger partial charge < -0.3 is 39.8 Å². The summed E-state index contributed by atoms with van der Waals surface area (Å²) in [7, 11) is 4.85. The van der Waals surface area contributed by atoms with Crippen molar-refractivity contribution in [1.29, 1.82) is 0 Å². The molecule has 0 N–H and O–H groups in total. The van der Waals surface area contributed by atoms with Gasteiger partial charge in [-0.25, -0.2) is 0 Å². The zero-order valence-corrected chi connectivity index (χ0v) is 22.4. The minimum absolute atomic E-state index is 0.322. The summed E-state index contributed by atoms with van der Waals surface area (Å²) in [5, 5.41) is 0. The predicted molar refractivity (Wildman–Crippen MR) is 111 cm³/mol. The van der Waals surface area contributed by atoms with Crippen molar-refractivity contribution < 1.29 is 39.8 Å². The summed E-state index contributed by atoms with van der Waals surface area (Å²) < 4.78 is 51.7. The van der Waals surface area contributed by atoms with E-state index in [4.69, 9.17) is 39.8 Å². The molecule has 0 rings (SSSR count). The van der Waals surface area contributed by atoms with E-state index in [-0.39, 0.29) is 17.0 Å². The highest BCUT2D eigenvalue weighted by Crippen LogP contribution is 2.31. The monoisotopic (exact) mass is 461 g/mol. The van der Waals surface area contributed by atoms with Crippen molar-refractivity contribution in [1.82, 2.24) is 4.90 Å². The first-order valence-electron chi connectivity index (χ1n) is 8.88. The molecule has 3 unspecified atom stereocenters. The van der Waals surface area contributed by atoms with Crippen LogP contribution in [0.25, 0.3) is 0 Å². The third-order valence-electron chi connectivity index (χ3n) is 5.44. The van der Waals surface area contributed by atoms with Crippen LogP contribution in [0, 0.1) is 0 Å². The highest BCUT2D eigenvalue weighted by molar-refractivity contribution is 6.66. The molecule has 13 heteroatoms. The van der Waals surface area contributed by atoms with Gasteiger partial charge in [0.15, 0.2) is 0 Å². The van der Waals surface area contributed by atoms with Gasteiger partial charge in [-0.1, -0.05) is 0 Å². The molecule has 0 aliphatic rings. The Bertz CT molecular complexity index is 350. The van der Waals surface area contributed by atoms with Crippen LogP contribution < -0.4 is 0 Å². The Labute approximate surface area is 173 Å².